The summed E-state index contributed by atoms with van der Waals surface area (Å²) in [7, 11) is 0. The van der Waals surface area contributed by atoms with Crippen LogP contribution in [0.5, 0.6) is 0 Å². The number of rotatable bonds is 5. The van der Waals surface area contributed by atoms with Gasteiger partial charge >= 0.3 is 0 Å². The Hall–Kier alpha value is -1.44. The van der Waals surface area contributed by atoms with Gasteiger partial charge in [-0.05, 0) is 32.0 Å². The second kappa shape index (κ2) is 6.65. The van der Waals surface area contributed by atoms with E-state index in [4.69, 9.17) is 5.26 Å². The molecule has 1 aromatic rings. The van der Waals surface area contributed by atoms with Crippen LogP contribution in [0, 0.1) is 17.1 Å². The van der Waals surface area contributed by atoms with E-state index in [1.807, 2.05) is 6.07 Å². The van der Waals surface area contributed by atoms with Crippen molar-refractivity contribution < 1.29 is 4.39 Å². The second-order valence-electron chi connectivity index (χ2n) is 5.01. The van der Waals surface area contributed by atoms with Crippen LogP contribution in [0.4, 0.5) is 4.39 Å². The van der Waals surface area contributed by atoms with Crippen molar-refractivity contribution in [3.63, 3.8) is 0 Å². The molecule has 1 N–H and O–H groups in total. The van der Waals surface area contributed by atoms with Crippen molar-refractivity contribution in [3.05, 3.63) is 35.1 Å². The minimum Gasteiger partial charge on any atom is -0.315 e. The van der Waals surface area contributed by atoms with Gasteiger partial charge in [-0.1, -0.05) is 19.1 Å². The summed E-state index contributed by atoms with van der Waals surface area (Å²) in [6, 6.07) is 7.45. The maximum Gasteiger partial charge on any atom is 0.145 e. The maximum atomic E-state index is 14.1. The lowest BCUT2D eigenvalue weighted by Gasteiger charge is -2.28. The van der Waals surface area contributed by atoms with Crippen LogP contribution in [-0.4, -0.2) is 30.6 Å². The second-order valence-corrected chi connectivity index (χ2v) is 5.01. The van der Waals surface area contributed by atoms with Crippen molar-refractivity contribution in [2.45, 2.75) is 32.4 Å². The molecule has 0 radical (unpaired) electrons. The molecule has 4 heteroatoms. The number of benzene rings is 1. The van der Waals surface area contributed by atoms with Crippen LogP contribution in [0.3, 0.4) is 0 Å². The number of hydrogen-bond acceptors (Lipinski definition) is 3. The molecule has 1 aliphatic rings. The van der Waals surface area contributed by atoms with E-state index in [2.05, 4.69) is 17.1 Å². The molecule has 0 bridgehead atoms. The largest absolute Gasteiger partial charge is 0.315 e. The summed E-state index contributed by atoms with van der Waals surface area (Å²) >= 11 is 0. The fraction of sp³-hybridized carbons (Fsp3) is 0.533. The number of halogens is 1. The highest BCUT2D eigenvalue weighted by molar-refractivity contribution is 5.34. The fourth-order valence-electron chi connectivity index (χ4n) is 2.64. The molecule has 1 saturated heterocycles. The Kier molecular flexibility index (Phi) is 4.89. The molecule has 1 fully saturated rings. The third kappa shape index (κ3) is 3.31. The highest BCUT2D eigenvalue weighted by atomic mass is 19.1. The van der Waals surface area contributed by atoms with E-state index in [0.717, 1.165) is 32.5 Å². The first-order valence-corrected chi connectivity index (χ1v) is 6.88. The molecule has 0 saturated carbocycles. The molecule has 102 valence electrons. The number of hydrogen-bond donors (Lipinski definition) is 1. The van der Waals surface area contributed by atoms with Crippen molar-refractivity contribution in [1.82, 2.24) is 10.2 Å². The molecule has 0 spiro atoms. The molecule has 1 atom stereocenters. The first-order chi connectivity index (χ1) is 9.26. The minimum atomic E-state index is -0.364. The van der Waals surface area contributed by atoms with E-state index < -0.39 is 0 Å². The zero-order valence-electron chi connectivity index (χ0n) is 11.3. The van der Waals surface area contributed by atoms with Gasteiger partial charge in [-0.3, -0.25) is 4.90 Å². The Balaban J connectivity index is 2.14. The van der Waals surface area contributed by atoms with Crippen molar-refractivity contribution in [3.8, 4) is 6.07 Å². The predicted molar refractivity (Wildman–Crippen MR) is 73.1 cm³/mol. The third-order valence-corrected chi connectivity index (χ3v) is 3.63. The Bertz CT molecular complexity index is 461. The lowest BCUT2D eigenvalue weighted by molar-refractivity contribution is 0.197. The van der Waals surface area contributed by atoms with Gasteiger partial charge in [0.05, 0.1) is 5.56 Å². The Labute approximate surface area is 114 Å². The van der Waals surface area contributed by atoms with E-state index in [1.165, 1.54) is 6.07 Å². The van der Waals surface area contributed by atoms with Gasteiger partial charge in [0.25, 0.3) is 0 Å². The van der Waals surface area contributed by atoms with Gasteiger partial charge in [-0.2, -0.15) is 5.26 Å². The molecule has 1 aromatic carbocycles. The van der Waals surface area contributed by atoms with E-state index in [-0.39, 0.29) is 11.4 Å². The average molecular weight is 261 g/mol. The van der Waals surface area contributed by atoms with Crippen molar-refractivity contribution >= 4 is 0 Å². The molecule has 19 heavy (non-hydrogen) atoms. The number of nitrogens with zero attached hydrogens (tertiary/aromatic N) is 2. The first-order valence-electron chi connectivity index (χ1n) is 6.88. The normalized spacial score (nSPS) is 18.7. The lowest BCUT2D eigenvalue weighted by atomic mass is 10.1. The van der Waals surface area contributed by atoms with Gasteiger partial charge in [0.1, 0.15) is 11.9 Å². The average Bonchev–Trinajstić information content (AvgIpc) is 2.94. The molecule has 1 unspecified atom stereocenters. The van der Waals surface area contributed by atoms with Crippen LogP contribution >= 0.6 is 0 Å². The monoisotopic (exact) mass is 261 g/mol. The summed E-state index contributed by atoms with van der Waals surface area (Å²) in [5.74, 6) is -0.364. The van der Waals surface area contributed by atoms with Crippen molar-refractivity contribution in [2.75, 3.05) is 19.6 Å². The van der Waals surface area contributed by atoms with E-state index in [0.29, 0.717) is 18.2 Å². The summed E-state index contributed by atoms with van der Waals surface area (Å²) in [5.41, 5.74) is 0.762. The molecule has 3 nitrogen and oxygen atoms in total. The smallest absolute Gasteiger partial charge is 0.145 e. The van der Waals surface area contributed by atoms with Crippen LogP contribution in [0.15, 0.2) is 18.2 Å². The molecule has 0 aliphatic carbocycles. The minimum absolute atomic E-state index is 0.137. The topological polar surface area (TPSA) is 39.1 Å². The summed E-state index contributed by atoms with van der Waals surface area (Å²) < 4.78 is 14.1. The Morgan fingerprint density at radius 2 is 2.37 bits per heavy atom. The van der Waals surface area contributed by atoms with Gasteiger partial charge in [0.15, 0.2) is 0 Å². The molecule has 0 aromatic heterocycles. The fourth-order valence-corrected chi connectivity index (χ4v) is 2.64. The lowest BCUT2D eigenvalue weighted by Crippen LogP contribution is -2.37. The number of nitriles is 1. The van der Waals surface area contributed by atoms with Gasteiger partial charge in [0.2, 0.25) is 0 Å². The summed E-state index contributed by atoms with van der Waals surface area (Å²) in [4.78, 5) is 2.32. The summed E-state index contributed by atoms with van der Waals surface area (Å²) in [5, 5.41) is 12.2. The predicted octanol–water partition coefficient (Wildman–Crippen LogP) is 2.27. The Morgan fingerprint density at radius 1 is 1.53 bits per heavy atom. The van der Waals surface area contributed by atoms with Crippen LogP contribution < -0.4 is 5.32 Å². The van der Waals surface area contributed by atoms with Crippen LogP contribution in [0.25, 0.3) is 0 Å². The maximum absolute atomic E-state index is 14.1. The summed E-state index contributed by atoms with van der Waals surface area (Å²) in [6.45, 7) is 5.69. The van der Waals surface area contributed by atoms with E-state index in [1.54, 1.807) is 12.1 Å². The Morgan fingerprint density at radius 3 is 3.00 bits per heavy atom. The zero-order chi connectivity index (χ0) is 13.7. The molecule has 1 heterocycles. The first kappa shape index (κ1) is 14.0. The van der Waals surface area contributed by atoms with Gasteiger partial charge in [-0.15, -0.1) is 0 Å². The standard InChI is InChI=1S/C15H20FN3/c1-2-8-19(14-6-7-18-10-14)11-13-5-3-4-12(9-17)15(13)16/h3-5,14,18H,2,6-8,10-11H2,1H3. The zero-order valence-corrected chi connectivity index (χ0v) is 11.3. The third-order valence-electron chi connectivity index (χ3n) is 3.63. The molecule has 0 amide bonds. The van der Waals surface area contributed by atoms with Gasteiger partial charge in [-0.25, -0.2) is 4.39 Å². The van der Waals surface area contributed by atoms with E-state index >= 15 is 0 Å². The van der Waals surface area contributed by atoms with Crippen LogP contribution in [-0.2, 0) is 6.54 Å². The molecule has 1 aliphatic heterocycles. The highest BCUT2D eigenvalue weighted by Crippen LogP contribution is 2.18. The molecule has 2 rings (SSSR count). The SMILES string of the molecule is CCCN(Cc1cccc(C#N)c1F)C1CCNC1. The van der Waals surface area contributed by atoms with Gasteiger partial charge in [0, 0.05) is 24.7 Å². The number of nitrogens with one attached hydrogen (secondary N) is 1. The molecular weight excluding hydrogens is 241 g/mol. The van der Waals surface area contributed by atoms with Gasteiger partial charge < -0.3 is 5.32 Å². The molecular formula is C15H20FN3. The van der Waals surface area contributed by atoms with Crippen molar-refractivity contribution in [2.24, 2.45) is 0 Å². The van der Waals surface area contributed by atoms with E-state index in [9.17, 15) is 4.39 Å². The quantitative estimate of drug-likeness (QED) is 0.883. The van der Waals surface area contributed by atoms with Crippen LogP contribution in [0.2, 0.25) is 0 Å². The highest BCUT2D eigenvalue weighted by Gasteiger charge is 2.22. The van der Waals surface area contributed by atoms with Crippen LogP contribution in [0.1, 0.15) is 30.9 Å². The summed E-state index contributed by atoms with van der Waals surface area (Å²) in [6.07, 6.45) is 2.16. The van der Waals surface area contributed by atoms with Crippen molar-refractivity contribution in [1.29, 1.82) is 5.26 Å².